The second kappa shape index (κ2) is 5.85. The van der Waals surface area contributed by atoms with Crippen LogP contribution in [0.4, 0.5) is 0 Å². The lowest BCUT2D eigenvalue weighted by Crippen LogP contribution is -2.19. The number of sulfonamides is 1. The summed E-state index contributed by atoms with van der Waals surface area (Å²) in [6, 6.07) is 2.09. The summed E-state index contributed by atoms with van der Waals surface area (Å²) in [6.07, 6.45) is -0.330. The van der Waals surface area contributed by atoms with Crippen LogP contribution < -0.4 is 5.14 Å². The number of carbonyl (C=O) groups is 2. The van der Waals surface area contributed by atoms with Gasteiger partial charge in [-0.25, -0.2) is 23.1 Å². The van der Waals surface area contributed by atoms with Gasteiger partial charge in [0.25, 0.3) is 10.0 Å². The number of esters is 2. The number of hydrogen-bond acceptors (Lipinski definition) is 7. The van der Waals surface area contributed by atoms with Crippen molar-refractivity contribution in [3.63, 3.8) is 0 Å². The quantitative estimate of drug-likeness (QED) is 0.758. The van der Waals surface area contributed by atoms with Gasteiger partial charge in [-0.2, -0.15) is 0 Å². The molecule has 0 aromatic carbocycles. The number of carbonyl (C=O) groups excluding carboxylic acids is 2. The molecule has 0 unspecified atom stereocenters. The van der Waals surface area contributed by atoms with Crippen LogP contribution in [0.25, 0.3) is 0 Å². The van der Waals surface area contributed by atoms with Crippen LogP contribution in [0.15, 0.2) is 21.6 Å². The summed E-state index contributed by atoms with van der Waals surface area (Å²) in [5, 5.41) is 4.23. The molecule has 1 rings (SSSR count). The van der Waals surface area contributed by atoms with Crippen molar-refractivity contribution >= 4 is 22.0 Å². The second-order valence-corrected chi connectivity index (χ2v) is 5.27. The van der Waals surface area contributed by atoms with Crippen LogP contribution >= 0.6 is 0 Å². The molecule has 106 valence electrons. The summed E-state index contributed by atoms with van der Waals surface area (Å²) in [5.41, 5.74) is 0. The van der Waals surface area contributed by atoms with Gasteiger partial charge >= 0.3 is 11.9 Å². The molecule has 0 aliphatic carbocycles. The molecule has 1 heterocycles. The Morgan fingerprint density at radius 1 is 1.37 bits per heavy atom. The maximum absolute atomic E-state index is 11.4. The highest BCUT2D eigenvalue weighted by Crippen LogP contribution is 2.13. The van der Waals surface area contributed by atoms with Gasteiger partial charge in [-0.15, -0.1) is 0 Å². The summed E-state index contributed by atoms with van der Waals surface area (Å²) in [5.74, 6) is -2.08. The van der Waals surface area contributed by atoms with E-state index in [0.717, 1.165) is 12.1 Å². The van der Waals surface area contributed by atoms with Crippen LogP contribution in [0.1, 0.15) is 24.4 Å². The number of rotatable bonds is 5. The van der Waals surface area contributed by atoms with E-state index in [1.807, 2.05) is 0 Å². The van der Waals surface area contributed by atoms with E-state index in [0.29, 0.717) is 0 Å². The van der Waals surface area contributed by atoms with Crippen molar-refractivity contribution in [2.45, 2.75) is 25.0 Å². The molecule has 0 aliphatic heterocycles. The Kier molecular flexibility index (Phi) is 4.67. The molecule has 19 heavy (non-hydrogen) atoms. The molecule has 0 saturated heterocycles. The number of primary sulfonamides is 1. The topological polar surface area (TPSA) is 126 Å². The van der Waals surface area contributed by atoms with E-state index in [4.69, 9.17) is 9.88 Å². The molecule has 0 amide bonds. The van der Waals surface area contributed by atoms with Crippen LogP contribution in [-0.2, 0) is 24.3 Å². The number of furan rings is 1. The average Bonchev–Trinajstić information content (AvgIpc) is 2.73. The highest BCUT2D eigenvalue weighted by molar-refractivity contribution is 7.89. The van der Waals surface area contributed by atoms with E-state index in [1.165, 1.54) is 0 Å². The smallest absolute Gasteiger partial charge is 0.374 e. The summed E-state index contributed by atoms with van der Waals surface area (Å²) in [6.45, 7) is 2.69. The minimum absolute atomic E-state index is 0.330. The van der Waals surface area contributed by atoms with Crippen LogP contribution in [-0.4, -0.2) is 33.1 Å². The highest BCUT2D eigenvalue weighted by atomic mass is 32.2. The molecule has 8 nitrogen and oxygen atoms in total. The van der Waals surface area contributed by atoms with E-state index in [9.17, 15) is 18.0 Å². The highest BCUT2D eigenvalue weighted by Gasteiger charge is 2.19. The predicted octanol–water partition coefficient (Wildman–Crippen LogP) is 0.0354. The first kappa shape index (κ1) is 15.2. The number of hydrogen-bond donors (Lipinski definition) is 1. The zero-order valence-corrected chi connectivity index (χ0v) is 11.1. The first-order valence-electron chi connectivity index (χ1n) is 5.19. The largest absolute Gasteiger partial charge is 0.460 e. The lowest BCUT2D eigenvalue weighted by molar-refractivity contribution is -0.151. The van der Waals surface area contributed by atoms with Gasteiger partial charge < -0.3 is 13.9 Å². The van der Waals surface area contributed by atoms with Crippen LogP contribution in [0.3, 0.4) is 0 Å². The first-order valence-corrected chi connectivity index (χ1v) is 6.74. The Balaban J connectivity index is 2.60. The Labute approximate surface area is 109 Å². The zero-order chi connectivity index (χ0) is 14.6. The molecular formula is C10H13NO7S. The third-order valence-electron chi connectivity index (χ3n) is 1.75. The van der Waals surface area contributed by atoms with E-state index >= 15 is 0 Å². The predicted molar refractivity (Wildman–Crippen MR) is 61.6 cm³/mol. The van der Waals surface area contributed by atoms with Crippen molar-refractivity contribution in [3.8, 4) is 0 Å². The molecule has 0 radical (unpaired) electrons. The van der Waals surface area contributed by atoms with Gasteiger partial charge in [-0.3, -0.25) is 0 Å². The Bertz CT molecular complexity index is 572. The lowest BCUT2D eigenvalue weighted by Gasteiger charge is -2.07. The summed E-state index contributed by atoms with van der Waals surface area (Å²) >= 11 is 0. The lowest BCUT2D eigenvalue weighted by atomic mass is 10.4. The molecule has 9 heteroatoms. The van der Waals surface area contributed by atoms with Gasteiger partial charge in [-0.1, -0.05) is 0 Å². The number of ether oxygens (including phenoxy) is 2. The molecule has 0 atom stereocenters. The summed E-state index contributed by atoms with van der Waals surface area (Å²) in [4.78, 5) is 22.5. The Morgan fingerprint density at radius 2 is 2.00 bits per heavy atom. The minimum Gasteiger partial charge on any atom is -0.460 e. The van der Waals surface area contributed by atoms with Crippen molar-refractivity contribution in [2.24, 2.45) is 5.14 Å². The molecule has 1 aromatic rings. The van der Waals surface area contributed by atoms with Crippen molar-refractivity contribution in [1.29, 1.82) is 0 Å². The fraction of sp³-hybridized carbons (Fsp3) is 0.400. The normalized spacial score (nSPS) is 11.4. The van der Waals surface area contributed by atoms with Gasteiger partial charge in [0, 0.05) is 0 Å². The van der Waals surface area contributed by atoms with Gasteiger partial charge in [0.1, 0.15) is 0 Å². The Morgan fingerprint density at radius 3 is 2.47 bits per heavy atom. The third-order valence-corrected chi connectivity index (χ3v) is 2.53. The monoisotopic (exact) mass is 291 g/mol. The average molecular weight is 291 g/mol. The van der Waals surface area contributed by atoms with Crippen molar-refractivity contribution < 1.29 is 31.9 Å². The van der Waals surface area contributed by atoms with Gasteiger partial charge in [0.2, 0.25) is 10.9 Å². The van der Waals surface area contributed by atoms with E-state index < -0.39 is 33.7 Å². The minimum atomic E-state index is -4.03. The summed E-state index contributed by atoms with van der Waals surface area (Å²) in [7, 11) is -4.03. The van der Waals surface area contributed by atoms with E-state index in [2.05, 4.69) is 9.15 Å². The van der Waals surface area contributed by atoms with E-state index in [1.54, 1.807) is 13.8 Å². The van der Waals surface area contributed by atoms with Crippen LogP contribution in [0.5, 0.6) is 0 Å². The standard InChI is InChI=1S/C10H13NO7S/c1-6(2)17-8(12)5-16-10(13)7-3-4-9(18-7)19(11,14)15/h3-4,6H,5H2,1-2H3,(H2,11,14,15). The number of nitrogens with two attached hydrogens (primary N) is 1. The van der Waals surface area contributed by atoms with Crippen LogP contribution in [0, 0.1) is 0 Å². The molecular weight excluding hydrogens is 278 g/mol. The van der Waals surface area contributed by atoms with Crippen LogP contribution in [0.2, 0.25) is 0 Å². The SMILES string of the molecule is CC(C)OC(=O)COC(=O)c1ccc(S(N)(=O)=O)o1. The molecule has 0 bridgehead atoms. The third kappa shape index (κ3) is 4.72. The van der Waals surface area contributed by atoms with Gasteiger partial charge in [-0.05, 0) is 26.0 Å². The Hall–Kier alpha value is -1.87. The van der Waals surface area contributed by atoms with Crippen molar-refractivity contribution in [1.82, 2.24) is 0 Å². The fourth-order valence-electron chi connectivity index (χ4n) is 1.08. The summed E-state index contributed by atoms with van der Waals surface area (Å²) < 4.78 is 35.8. The molecule has 0 spiro atoms. The zero-order valence-electron chi connectivity index (χ0n) is 10.3. The molecule has 1 aromatic heterocycles. The van der Waals surface area contributed by atoms with Crippen molar-refractivity contribution in [3.05, 3.63) is 17.9 Å². The van der Waals surface area contributed by atoms with Gasteiger partial charge in [0.05, 0.1) is 6.10 Å². The van der Waals surface area contributed by atoms with Crippen molar-refractivity contribution in [2.75, 3.05) is 6.61 Å². The fourth-order valence-corrected chi connectivity index (χ4v) is 1.54. The maximum Gasteiger partial charge on any atom is 0.374 e. The maximum atomic E-state index is 11.4. The molecule has 0 aliphatic rings. The second-order valence-electron chi connectivity index (χ2n) is 3.78. The molecule has 0 saturated carbocycles. The molecule has 0 fully saturated rings. The molecule has 2 N–H and O–H groups in total. The van der Waals surface area contributed by atoms with Gasteiger partial charge in [0.15, 0.2) is 6.61 Å². The van der Waals surface area contributed by atoms with E-state index in [-0.39, 0.29) is 11.9 Å². The first-order chi connectivity index (χ1) is 8.70.